The van der Waals surface area contributed by atoms with Crippen molar-refractivity contribution in [3.8, 4) is 0 Å². The molecule has 1 aromatic heterocycles. The predicted octanol–water partition coefficient (Wildman–Crippen LogP) is 3.09. The average Bonchev–Trinajstić information content (AvgIpc) is 2.32. The number of nitrogens with zero attached hydrogens (tertiary/aromatic N) is 2. The van der Waals surface area contributed by atoms with Gasteiger partial charge >= 0.3 is 5.97 Å². The number of hydrogen-bond acceptors (Lipinski definition) is 4. The van der Waals surface area contributed by atoms with Gasteiger partial charge in [-0.15, -0.1) is 0 Å². The number of aromatic nitrogens is 2. The lowest BCUT2D eigenvalue weighted by molar-refractivity contribution is 0.0685. The van der Waals surface area contributed by atoms with Crippen LogP contribution in [-0.4, -0.2) is 21.0 Å². The molecule has 1 N–H and O–H groups in total. The number of carboxylic acid groups (broad SMARTS) is 1. The summed E-state index contributed by atoms with van der Waals surface area (Å²) in [6.07, 6.45) is 2.85. The van der Waals surface area contributed by atoms with Crippen molar-refractivity contribution in [2.75, 3.05) is 0 Å². The predicted molar refractivity (Wildman–Crippen MR) is 67.3 cm³/mol. The van der Waals surface area contributed by atoms with Crippen LogP contribution in [0.5, 0.6) is 0 Å². The lowest BCUT2D eigenvalue weighted by atomic mass is 10.4. The third-order valence-corrected chi connectivity index (χ3v) is 3.93. The fraction of sp³-hybridized carbons (Fsp3) is 0. The summed E-state index contributed by atoms with van der Waals surface area (Å²) in [6.45, 7) is 0. The maximum atomic E-state index is 11.0. The van der Waals surface area contributed by atoms with E-state index in [1.165, 1.54) is 24.2 Å². The van der Waals surface area contributed by atoms with Gasteiger partial charge in [0.25, 0.3) is 0 Å². The van der Waals surface area contributed by atoms with E-state index in [1.807, 2.05) is 24.3 Å². The van der Waals surface area contributed by atoms with E-state index in [-0.39, 0.29) is 5.69 Å². The number of carboxylic acids is 1. The summed E-state index contributed by atoms with van der Waals surface area (Å²) in [5.74, 6) is -1.08. The van der Waals surface area contributed by atoms with Crippen LogP contribution in [0.1, 0.15) is 10.5 Å². The molecule has 1 heterocycles. The maximum absolute atomic E-state index is 11.0. The Morgan fingerprint density at radius 2 is 1.94 bits per heavy atom. The number of rotatable bonds is 3. The van der Waals surface area contributed by atoms with Gasteiger partial charge < -0.3 is 5.11 Å². The minimum atomic E-state index is -1.08. The van der Waals surface area contributed by atoms with E-state index in [1.54, 1.807) is 0 Å². The Morgan fingerprint density at radius 1 is 1.24 bits per heavy atom. The molecule has 0 aliphatic carbocycles. The van der Waals surface area contributed by atoms with Crippen molar-refractivity contribution in [1.29, 1.82) is 0 Å². The van der Waals surface area contributed by atoms with Crippen molar-refractivity contribution >= 4 is 33.7 Å². The first-order valence-electron chi connectivity index (χ1n) is 4.65. The Hall–Kier alpha value is -1.40. The second-order valence-electron chi connectivity index (χ2n) is 3.05. The van der Waals surface area contributed by atoms with Crippen LogP contribution in [0.3, 0.4) is 0 Å². The fourth-order valence-electron chi connectivity index (χ4n) is 1.18. The summed E-state index contributed by atoms with van der Waals surface area (Å²) in [4.78, 5) is 19.7. The van der Waals surface area contributed by atoms with Crippen molar-refractivity contribution in [3.05, 3.63) is 46.8 Å². The number of benzene rings is 1. The van der Waals surface area contributed by atoms with Crippen LogP contribution in [0.2, 0.25) is 0 Å². The van der Waals surface area contributed by atoms with E-state index in [0.29, 0.717) is 5.03 Å². The van der Waals surface area contributed by atoms with Gasteiger partial charge in [-0.25, -0.2) is 14.8 Å². The largest absolute Gasteiger partial charge is 0.476 e. The van der Waals surface area contributed by atoms with Crippen LogP contribution in [0, 0.1) is 0 Å². The van der Waals surface area contributed by atoms with Crippen molar-refractivity contribution in [1.82, 2.24) is 9.97 Å². The summed E-state index contributed by atoms with van der Waals surface area (Å²) < 4.78 is 0.895. The Morgan fingerprint density at radius 3 is 2.65 bits per heavy atom. The molecule has 0 bridgehead atoms. The van der Waals surface area contributed by atoms with Gasteiger partial charge in [0.2, 0.25) is 0 Å². The molecule has 0 amide bonds. The summed E-state index contributed by atoms with van der Waals surface area (Å²) in [5, 5.41) is 9.37. The van der Waals surface area contributed by atoms with E-state index in [4.69, 9.17) is 5.11 Å². The Bertz CT molecular complexity index is 563. The minimum Gasteiger partial charge on any atom is -0.476 e. The van der Waals surface area contributed by atoms with Crippen LogP contribution < -0.4 is 0 Å². The van der Waals surface area contributed by atoms with E-state index in [2.05, 4.69) is 25.9 Å². The maximum Gasteiger partial charge on any atom is 0.357 e. The molecule has 6 heteroatoms. The van der Waals surface area contributed by atoms with Gasteiger partial charge in [0.15, 0.2) is 5.69 Å². The van der Waals surface area contributed by atoms with E-state index in [0.717, 1.165) is 9.37 Å². The first-order chi connectivity index (χ1) is 8.18. The molecule has 2 rings (SSSR count). The molecule has 2 aromatic rings. The summed E-state index contributed by atoms with van der Waals surface area (Å²) >= 11 is 4.67. The number of aromatic carboxylic acids is 1. The van der Waals surface area contributed by atoms with E-state index in [9.17, 15) is 4.79 Å². The first kappa shape index (κ1) is 12.1. The first-order valence-corrected chi connectivity index (χ1v) is 6.26. The molecule has 0 saturated heterocycles. The van der Waals surface area contributed by atoms with Gasteiger partial charge in [-0.1, -0.05) is 23.9 Å². The molecule has 0 unspecified atom stereocenters. The fourth-order valence-corrected chi connectivity index (χ4v) is 2.58. The van der Waals surface area contributed by atoms with Crippen LogP contribution in [0.25, 0.3) is 0 Å². The molecule has 0 aliphatic rings. The lowest BCUT2D eigenvalue weighted by Gasteiger charge is -2.04. The summed E-state index contributed by atoms with van der Waals surface area (Å²) in [5.41, 5.74) is -0.0340. The lowest BCUT2D eigenvalue weighted by Crippen LogP contribution is -2.03. The van der Waals surface area contributed by atoms with E-state index >= 15 is 0 Å². The highest BCUT2D eigenvalue weighted by Gasteiger charge is 2.14. The highest BCUT2D eigenvalue weighted by Crippen LogP contribution is 2.33. The molecule has 1 aromatic carbocycles. The minimum absolute atomic E-state index is 0.0340. The monoisotopic (exact) mass is 310 g/mol. The highest BCUT2D eigenvalue weighted by molar-refractivity contribution is 9.10. The number of carbonyl (C=O) groups is 1. The van der Waals surface area contributed by atoms with Crippen LogP contribution in [-0.2, 0) is 0 Å². The number of halogens is 1. The molecule has 0 saturated carbocycles. The van der Waals surface area contributed by atoms with Crippen molar-refractivity contribution in [2.45, 2.75) is 9.92 Å². The number of hydrogen-bond donors (Lipinski definition) is 1. The topological polar surface area (TPSA) is 63.1 Å². The summed E-state index contributed by atoms with van der Waals surface area (Å²) in [6, 6.07) is 7.54. The second kappa shape index (κ2) is 5.29. The molecule has 0 atom stereocenters. The van der Waals surface area contributed by atoms with Crippen LogP contribution in [0.15, 0.2) is 51.1 Å². The molecular weight excluding hydrogens is 304 g/mol. The van der Waals surface area contributed by atoms with Gasteiger partial charge in [-0.3, -0.25) is 0 Å². The zero-order chi connectivity index (χ0) is 12.3. The smallest absolute Gasteiger partial charge is 0.357 e. The molecule has 17 heavy (non-hydrogen) atoms. The molecule has 0 fully saturated rings. The van der Waals surface area contributed by atoms with Crippen molar-refractivity contribution in [2.24, 2.45) is 0 Å². The van der Waals surface area contributed by atoms with Crippen molar-refractivity contribution < 1.29 is 9.90 Å². The Balaban J connectivity index is 2.37. The summed E-state index contributed by atoms with van der Waals surface area (Å²) in [7, 11) is 0. The van der Waals surface area contributed by atoms with E-state index < -0.39 is 5.97 Å². The van der Waals surface area contributed by atoms with Crippen molar-refractivity contribution in [3.63, 3.8) is 0 Å². The van der Waals surface area contributed by atoms with Crippen LogP contribution in [0.4, 0.5) is 0 Å². The molecule has 0 spiro atoms. The zero-order valence-corrected chi connectivity index (χ0v) is 10.9. The van der Waals surface area contributed by atoms with Gasteiger partial charge in [0.05, 0.1) is 0 Å². The van der Waals surface area contributed by atoms with Gasteiger partial charge in [-0.05, 0) is 28.1 Å². The normalized spacial score (nSPS) is 10.2. The molecule has 0 radical (unpaired) electrons. The Labute approximate surface area is 110 Å². The molecule has 0 aliphatic heterocycles. The quantitative estimate of drug-likeness (QED) is 0.944. The zero-order valence-electron chi connectivity index (χ0n) is 8.50. The van der Waals surface area contributed by atoms with Gasteiger partial charge in [-0.2, -0.15) is 0 Å². The third kappa shape index (κ3) is 2.83. The van der Waals surface area contributed by atoms with Gasteiger partial charge in [0.1, 0.15) is 5.03 Å². The molecule has 4 nitrogen and oxygen atoms in total. The highest BCUT2D eigenvalue weighted by atomic mass is 79.9. The van der Waals surface area contributed by atoms with Gasteiger partial charge in [0, 0.05) is 21.8 Å². The standard InChI is InChI=1S/C11H7BrN2O2S/c12-7-3-1-2-4-8(7)17-10-9(11(15)16)13-5-6-14-10/h1-6H,(H,15,16). The second-order valence-corrected chi connectivity index (χ2v) is 4.93. The molecular formula is C11H7BrN2O2S. The SMILES string of the molecule is O=C(O)c1nccnc1Sc1ccccc1Br. The van der Waals surface area contributed by atoms with Crippen LogP contribution >= 0.6 is 27.7 Å². The average molecular weight is 311 g/mol. The Kier molecular flexibility index (Phi) is 3.75. The third-order valence-electron chi connectivity index (χ3n) is 1.91. The molecule has 86 valence electrons.